The number of halogens is 2. The minimum absolute atomic E-state index is 0. The summed E-state index contributed by atoms with van der Waals surface area (Å²) in [4.78, 5) is 15.7. The molecule has 1 aliphatic rings. The van der Waals surface area contributed by atoms with E-state index >= 15 is 0 Å². The molecule has 6 nitrogen and oxygen atoms in total. The van der Waals surface area contributed by atoms with E-state index in [2.05, 4.69) is 4.90 Å². The number of benzene rings is 1. The lowest BCUT2D eigenvalue weighted by Crippen LogP contribution is -2.49. The van der Waals surface area contributed by atoms with Crippen LogP contribution >= 0.6 is 24.8 Å². The van der Waals surface area contributed by atoms with Gasteiger partial charge in [-0.25, -0.2) is 0 Å². The number of carbonyl (C=O) groups excluding carboxylic acids is 1. The van der Waals surface area contributed by atoms with E-state index in [4.69, 9.17) is 15.2 Å². The molecule has 0 radical (unpaired) electrons. The molecule has 1 heterocycles. The Kier molecular flexibility index (Phi) is 9.99. The van der Waals surface area contributed by atoms with Crippen molar-refractivity contribution in [3.63, 3.8) is 0 Å². The van der Waals surface area contributed by atoms with Crippen LogP contribution in [0.1, 0.15) is 5.56 Å². The smallest absolute Gasteiger partial charge is 0.236 e. The number of amides is 1. The minimum atomic E-state index is 0. The average Bonchev–Trinajstić information content (AvgIpc) is 2.54. The predicted octanol–water partition coefficient (Wildman–Crippen LogP) is 1.15. The summed E-state index contributed by atoms with van der Waals surface area (Å²) in [6, 6.07) is 5.89. The first kappa shape index (κ1) is 21.8. The van der Waals surface area contributed by atoms with Crippen molar-refractivity contribution >= 4 is 30.7 Å². The lowest BCUT2D eigenvalue weighted by atomic mass is 10.1. The van der Waals surface area contributed by atoms with E-state index in [0.717, 1.165) is 49.8 Å². The molecular formula is C15H25Cl2N3O3. The summed E-state index contributed by atoms with van der Waals surface area (Å²) in [6.45, 7) is 4.08. The Balaban J connectivity index is 0.00000242. The van der Waals surface area contributed by atoms with Crippen molar-refractivity contribution in [2.45, 2.75) is 6.54 Å². The van der Waals surface area contributed by atoms with Crippen LogP contribution in [0.15, 0.2) is 18.2 Å². The molecule has 1 aromatic rings. The Labute approximate surface area is 149 Å². The second-order valence-corrected chi connectivity index (χ2v) is 5.08. The van der Waals surface area contributed by atoms with Crippen LogP contribution in [0.2, 0.25) is 0 Å². The van der Waals surface area contributed by atoms with Crippen LogP contribution < -0.4 is 15.2 Å². The zero-order chi connectivity index (χ0) is 15.2. The molecule has 0 aliphatic carbocycles. The summed E-state index contributed by atoms with van der Waals surface area (Å²) in [5.41, 5.74) is 6.54. The Bertz CT molecular complexity index is 473. The third-order valence-electron chi connectivity index (χ3n) is 3.72. The molecular weight excluding hydrogens is 341 g/mol. The van der Waals surface area contributed by atoms with Crippen LogP contribution in [0, 0.1) is 0 Å². The summed E-state index contributed by atoms with van der Waals surface area (Å²) < 4.78 is 10.6. The highest BCUT2D eigenvalue weighted by Crippen LogP contribution is 2.23. The van der Waals surface area contributed by atoms with Gasteiger partial charge in [0.25, 0.3) is 0 Å². The zero-order valence-electron chi connectivity index (χ0n) is 13.5. The second kappa shape index (κ2) is 10.5. The highest BCUT2D eigenvalue weighted by Gasteiger charge is 2.20. The summed E-state index contributed by atoms with van der Waals surface area (Å²) >= 11 is 0. The molecule has 1 amide bonds. The largest absolute Gasteiger partial charge is 0.497 e. The molecule has 0 aromatic heterocycles. The van der Waals surface area contributed by atoms with Crippen LogP contribution in [-0.4, -0.2) is 62.7 Å². The number of hydrogen-bond acceptors (Lipinski definition) is 5. The van der Waals surface area contributed by atoms with Gasteiger partial charge < -0.3 is 20.1 Å². The Morgan fingerprint density at radius 2 is 1.57 bits per heavy atom. The first-order valence-corrected chi connectivity index (χ1v) is 7.08. The van der Waals surface area contributed by atoms with Gasteiger partial charge in [0.05, 0.1) is 20.8 Å². The SMILES string of the molecule is COc1cc(CN2CCN(C(=O)CN)CC2)cc(OC)c1.Cl.Cl. The van der Waals surface area contributed by atoms with E-state index in [1.165, 1.54) is 0 Å². The van der Waals surface area contributed by atoms with Gasteiger partial charge in [0.15, 0.2) is 0 Å². The molecule has 132 valence electrons. The quantitative estimate of drug-likeness (QED) is 0.847. The molecule has 0 unspecified atom stereocenters. The molecule has 0 bridgehead atoms. The molecule has 23 heavy (non-hydrogen) atoms. The first-order valence-electron chi connectivity index (χ1n) is 7.08. The molecule has 1 fully saturated rings. The highest BCUT2D eigenvalue weighted by atomic mass is 35.5. The van der Waals surface area contributed by atoms with Gasteiger partial charge in [-0.3, -0.25) is 9.69 Å². The molecule has 0 saturated carbocycles. The summed E-state index contributed by atoms with van der Waals surface area (Å²) in [5.74, 6) is 1.61. The van der Waals surface area contributed by atoms with Crippen molar-refractivity contribution in [2.24, 2.45) is 5.73 Å². The van der Waals surface area contributed by atoms with Crippen molar-refractivity contribution in [3.8, 4) is 11.5 Å². The van der Waals surface area contributed by atoms with E-state index in [9.17, 15) is 4.79 Å². The number of piperazine rings is 1. The summed E-state index contributed by atoms with van der Waals surface area (Å²) in [7, 11) is 3.30. The van der Waals surface area contributed by atoms with Crippen molar-refractivity contribution in [1.82, 2.24) is 9.80 Å². The minimum Gasteiger partial charge on any atom is -0.497 e. The standard InChI is InChI=1S/C15H23N3O3.2ClH/c1-20-13-7-12(8-14(9-13)21-2)11-17-3-5-18(6-4-17)15(19)10-16;;/h7-9H,3-6,10-11,16H2,1-2H3;2*1H. The predicted molar refractivity (Wildman–Crippen MR) is 95.0 cm³/mol. The number of ether oxygens (including phenoxy) is 2. The average molecular weight is 366 g/mol. The van der Waals surface area contributed by atoms with Crippen LogP contribution in [-0.2, 0) is 11.3 Å². The molecule has 1 aliphatic heterocycles. The lowest BCUT2D eigenvalue weighted by molar-refractivity contribution is -0.131. The Morgan fingerprint density at radius 1 is 1.04 bits per heavy atom. The number of carbonyl (C=O) groups is 1. The second-order valence-electron chi connectivity index (χ2n) is 5.08. The fraction of sp³-hybridized carbons (Fsp3) is 0.533. The van der Waals surface area contributed by atoms with Gasteiger partial charge in [0.1, 0.15) is 11.5 Å². The molecule has 2 rings (SSSR count). The normalized spacial score (nSPS) is 14.5. The van der Waals surface area contributed by atoms with Crippen LogP contribution in [0.25, 0.3) is 0 Å². The molecule has 8 heteroatoms. The lowest BCUT2D eigenvalue weighted by Gasteiger charge is -2.34. The molecule has 1 aromatic carbocycles. The van der Waals surface area contributed by atoms with Crippen LogP contribution in [0.4, 0.5) is 0 Å². The van der Waals surface area contributed by atoms with Gasteiger partial charge >= 0.3 is 0 Å². The number of hydrogen-bond donors (Lipinski definition) is 1. The maximum absolute atomic E-state index is 11.5. The van der Waals surface area contributed by atoms with Crippen molar-refractivity contribution < 1.29 is 14.3 Å². The van der Waals surface area contributed by atoms with E-state index in [1.807, 2.05) is 23.1 Å². The number of rotatable bonds is 5. The van der Waals surface area contributed by atoms with Crippen molar-refractivity contribution in [1.29, 1.82) is 0 Å². The fourth-order valence-corrected chi connectivity index (χ4v) is 2.50. The zero-order valence-corrected chi connectivity index (χ0v) is 15.1. The van der Waals surface area contributed by atoms with Gasteiger partial charge in [-0.2, -0.15) is 0 Å². The summed E-state index contributed by atoms with van der Waals surface area (Å²) in [6.07, 6.45) is 0. The number of nitrogens with zero attached hydrogens (tertiary/aromatic N) is 2. The van der Waals surface area contributed by atoms with Gasteiger partial charge in [-0.05, 0) is 17.7 Å². The molecule has 2 N–H and O–H groups in total. The van der Waals surface area contributed by atoms with Gasteiger partial charge in [-0.1, -0.05) is 0 Å². The molecule has 0 spiro atoms. The monoisotopic (exact) mass is 365 g/mol. The first-order chi connectivity index (χ1) is 10.2. The summed E-state index contributed by atoms with van der Waals surface area (Å²) in [5, 5.41) is 0. The number of methoxy groups -OCH3 is 2. The molecule has 1 saturated heterocycles. The third kappa shape index (κ3) is 6.06. The maximum Gasteiger partial charge on any atom is 0.236 e. The third-order valence-corrected chi connectivity index (χ3v) is 3.72. The Hall–Kier alpha value is -1.21. The fourth-order valence-electron chi connectivity index (χ4n) is 2.50. The van der Waals surface area contributed by atoms with Crippen molar-refractivity contribution in [3.05, 3.63) is 23.8 Å². The van der Waals surface area contributed by atoms with E-state index < -0.39 is 0 Å². The topological polar surface area (TPSA) is 68.0 Å². The van der Waals surface area contributed by atoms with Crippen LogP contribution in [0.3, 0.4) is 0 Å². The van der Waals surface area contributed by atoms with Crippen LogP contribution in [0.5, 0.6) is 11.5 Å². The highest BCUT2D eigenvalue weighted by molar-refractivity contribution is 5.85. The van der Waals surface area contributed by atoms with E-state index in [1.54, 1.807) is 14.2 Å². The maximum atomic E-state index is 11.5. The van der Waals surface area contributed by atoms with Gasteiger partial charge in [-0.15, -0.1) is 24.8 Å². The van der Waals surface area contributed by atoms with Gasteiger partial charge in [0.2, 0.25) is 5.91 Å². The molecule has 0 atom stereocenters. The van der Waals surface area contributed by atoms with Crippen molar-refractivity contribution in [2.75, 3.05) is 46.9 Å². The number of nitrogens with two attached hydrogens (primary N) is 1. The van der Waals surface area contributed by atoms with E-state index in [-0.39, 0.29) is 37.3 Å². The Morgan fingerprint density at radius 3 is 2.00 bits per heavy atom. The van der Waals surface area contributed by atoms with E-state index in [0.29, 0.717) is 0 Å². The van der Waals surface area contributed by atoms with Gasteiger partial charge in [0, 0.05) is 38.8 Å².